The van der Waals surface area contributed by atoms with E-state index in [0.29, 0.717) is 24.4 Å². The number of hydrogen-bond donors (Lipinski definition) is 2. The van der Waals surface area contributed by atoms with Crippen molar-refractivity contribution in [3.63, 3.8) is 0 Å². The van der Waals surface area contributed by atoms with Crippen molar-refractivity contribution in [3.05, 3.63) is 33.3 Å². The summed E-state index contributed by atoms with van der Waals surface area (Å²) in [6, 6.07) is 5.64. The molecule has 6 heteroatoms. The fourth-order valence-corrected chi connectivity index (χ4v) is 3.41. The fraction of sp³-hybridized carbons (Fsp3) is 0.533. The maximum absolute atomic E-state index is 12.1. The molecule has 21 heavy (non-hydrogen) atoms. The van der Waals surface area contributed by atoms with Crippen LogP contribution in [-0.4, -0.2) is 18.0 Å². The maximum Gasteiger partial charge on any atom is 0.220 e. The molecule has 0 bridgehead atoms. The van der Waals surface area contributed by atoms with Crippen molar-refractivity contribution in [2.45, 2.75) is 44.1 Å². The minimum absolute atomic E-state index is 0. The second-order valence-corrected chi connectivity index (χ2v) is 6.77. The Morgan fingerprint density at radius 2 is 2.05 bits per heavy atom. The van der Waals surface area contributed by atoms with Crippen molar-refractivity contribution >= 4 is 45.8 Å². The maximum atomic E-state index is 12.1. The number of rotatable bonds is 5. The van der Waals surface area contributed by atoms with Gasteiger partial charge in [0.25, 0.3) is 0 Å². The SMILES string of the molecule is Cl.NCC1(NC(=O)CCc2cc(Cl)ccc2Br)CCCC1. The third kappa shape index (κ3) is 5.13. The Morgan fingerprint density at radius 1 is 1.38 bits per heavy atom. The minimum atomic E-state index is -0.164. The standard InChI is InChI=1S/C15H20BrClN2O.ClH/c16-13-5-4-12(17)9-11(13)3-6-14(20)19-15(10-18)7-1-2-8-15;/h4-5,9H,1-3,6-8,10,18H2,(H,19,20);1H. The van der Waals surface area contributed by atoms with Crippen molar-refractivity contribution in [2.75, 3.05) is 6.54 Å². The molecule has 0 atom stereocenters. The van der Waals surface area contributed by atoms with Gasteiger partial charge in [0.15, 0.2) is 0 Å². The number of halogens is 3. The van der Waals surface area contributed by atoms with Crippen LogP contribution in [0.1, 0.15) is 37.7 Å². The zero-order valence-corrected chi connectivity index (χ0v) is 15.0. The molecule has 0 heterocycles. The molecule has 0 aliphatic heterocycles. The number of nitrogens with one attached hydrogen (secondary N) is 1. The minimum Gasteiger partial charge on any atom is -0.349 e. The summed E-state index contributed by atoms with van der Waals surface area (Å²) in [7, 11) is 0. The number of carbonyl (C=O) groups excluding carboxylic acids is 1. The van der Waals surface area contributed by atoms with E-state index in [0.717, 1.165) is 35.7 Å². The second kappa shape index (κ2) is 8.37. The van der Waals surface area contributed by atoms with E-state index >= 15 is 0 Å². The van der Waals surface area contributed by atoms with Crippen LogP contribution in [0.2, 0.25) is 5.02 Å². The average Bonchev–Trinajstić information content (AvgIpc) is 2.89. The van der Waals surface area contributed by atoms with Gasteiger partial charge in [-0.2, -0.15) is 0 Å². The molecule has 0 radical (unpaired) electrons. The first-order valence-electron chi connectivity index (χ1n) is 7.00. The number of benzene rings is 1. The molecule has 0 spiro atoms. The van der Waals surface area contributed by atoms with Gasteiger partial charge in [0, 0.05) is 22.5 Å². The molecule has 1 amide bonds. The number of carbonyl (C=O) groups is 1. The molecule has 1 aromatic rings. The molecule has 1 aliphatic rings. The summed E-state index contributed by atoms with van der Waals surface area (Å²) >= 11 is 9.46. The van der Waals surface area contributed by atoms with E-state index in [2.05, 4.69) is 21.2 Å². The Balaban J connectivity index is 0.00000220. The van der Waals surface area contributed by atoms with E-state index in [-0.39, 0.29) is 23.9 Å². The molecule has 1 aliphatic carbocycles. The molecule has 1 saturated carbocycles. The van der Waals surface area contributed by atoms with Crippen LogP contribution in [0.3, 0.4) is 0 Å². The van der Waals surface area contributed by atoms with Crippen molar-refractivity contribution in [1.29, 1.82) is 0 Å². The number of amides is 1. The van der Waals surface area contributed by atoms with Crippen LogP contribution in [0.15, 0.2) is 22.7 Å². The van der Waals surface area contributed by atoms with Gasteiger partial charge in [0.1, 0.15) is 0 Å². The fourth-order valence-electron chi connectivity index (χ4n) is 2.77. The van der Waals surface area contributed by atoms with E-state index in [1.54, 1.807) is 0 Å². The van der Waals surface area contributed by atoms with E-state index in [1.165, 1.54) is 0 Å². The summed E-state index contributed by atoms with van der Waals surface area (Å²) < 4.78 is 0.990. The van der Waals surface area contributed by atoms with Crippen LogP contribution in [0.25, 0.3) is 0 Å². The monoisotopic (exact) mass is 394 g/mol. The molecule has 0 unspecified atom stereocenters. The predicted octanol–water partition coefficient (Wildman–Crippen LogP) is 3.84. The van der Waals surface area contributed by atoms with Crippen molar-refractivity contribution in [1.82, 2.24) is 5.32 Å². The zero-order valence-electron chi connectivity index (χ0n) is 11.8. The lowest BCUT2D eigenvalue weighted by Gasteiger charge is -2.28. The number of nitrogens with two attached hydrogens (primary N) is 1. The number of aryl methyl sites for hydroxylation is 1. The van der Waals surface area contributed by atoms with Gasteiger partial charge < -0.3 is 11.1 Å². The van der Waals surface area contributed by atoms with Crippen molar-refractivity contribution < 1.29 is 4.79 Å². The summed E-state index contributed by atoms with van der Waals surface area (Å²) in [5, 5.41) is 3.83. The summed E-state index contributed by atoms with van der Waals surface area (Å²) in [6.07, 6.45) is 5.43. The molecular formula is C15H21BrCl2N2O. The highest BCUT2D eigenvalue weighted by Crippen LogP contribution is 2.29. The van der Waals surface area contributed by atoms with Crippen LogP contribution in [0, 0.1) is 0 Å². The quantitative estimate of drug-likeness (QED) is 0.795. The van der Waals surface area contributed by atoms with Crippen molar-refractivity contribution in [2.24, 2.45) is 5.73 Å². The number of hydrogen-bond acceptors (Lipinski definition) is 2. The Morgan fingerprint density at radius 3 is 2.67 bits per heavy atom. The first kappa shape index (κ1) is 18.8. The average molecular weight is 396 g/mol. The zero-order chi connectivity index (χ0) is 14.6. The van der Waals surface area contributed by atoms with Gasteiger partial charge in [0.05, 0.1) is 5.54 Å². The summed E-state index contributed by atoms with van der Waals surface area (Å²) in [5.41, 5.74) is 6.72. The topological polar surface area (TPSA) is 55.1 Å². The van der Waals surface area contributed by atoms with Gasteiger partial charge in [0.2, 0.25) is 5.91 Å². The highest BCUT2D eigenvalue weighted by atomic mass is 79.9. The Labute approximate surface area is 145 Å². The smallest absolute Gasteiger partial charge is 0.220 e. The van der Waals surface area contributed by atoms with E-state index in [1.807, 2.05) is 18.2 Å². The molecule has 3 N–H and O–H groups in total. The first-order valence-corrected chi connectivity index (χ1v) is 8.17. The van der Waals surface area contributed by atoms with Crippen LogP contribution in [-0.2, 0) is 11.2 Å². The van der Waals surface area contributed by atoms with Gasteiger partial charge >= 0.3 is 0 Å². The highest BCUT2D eigenvalue weighted by molar-refractivity contribution is 9.10. The molecule has 118 valence electrons. The molecular weight excluding hydrogens is 375 g/mol. The molecule has 0 saturated heterocycles. The van der Waals surface area contributed by atoms with E-state index in [4.69, 9.17) is 17.3 Å². The van der Waals surface area contributed by atoms with Crippen LogP contribution < -0.4 is 11.1 Å². The predicted molar refractivity (Wildman–Crippen MR) is 93.1 cm³/mol. The second-order valence-electron chi connectivity index (χ2n) is 5.48. The van der Waals surface area contributed by atoms with Gasteiger partial charge in [-0.1, -0.05) is 40.4 Å². The molecule has 0 aromatic heterocycles. The molecule has 1 fully saturated rings. The Kier molecular flexibility index (Phi) is 7.48. The van der Waals surface area contributed by atoms with Crippen LogP contribution >= 0.6 is 39.9 Å². The van der Waals surface area contributed by atoms with Gasteiger partial charge in [-0.25, -0.2) is 0 Å². The lowest BCUT2D eigenvalue weighted by Crippen LogP contribution is -2.51. The highest BCUT2D eigenvalue weighted by Gasteiger charge is 2.33. The van der Waals surface area contributed by atoms with Gasteiger partial charge in [-0.05, 0) is 43.0 Å². The molecule has 3 nitrogen and oxygen atoms in total. The summed E-state index contributed by atoms with van der Waals surface area (Å²) in [4.78, 5) is 12.1. The summed E-state index contributed by atoms with van der Waals surface area (Å²) in [5.74, 6) is 0.0734. The van der Waals surface area contributed by atoms with Crippen LogP contribution in [0.4, 0.5) is 0 Å². The molecule has 1 aromatic carbocycles. The van der Waals surface area contributed by atoms with Gasteiger partial charge in [-0.3, -0.25) is 4.79 Å². The lowest BCUT2D eigenvalue weighted by molar-refractivity contribution is -0.122. The molecule has 2 rings (SSSR count). The lowest BCUT2D eigenvalue weighted by atomic mass is 9.97. The largest absolute Gasteiger partial charge is 0.349 e. The Hall–Kier alpha value is -0.290. The van der Waals surface area contributed by atoms with Crippen molar-refractivity contribution in [3.8, 4) is 0 Å². The normalized spacial score (nSPS) is 16.3. The summed E-state index contributed by atoms with van der Waals surface area (Å²) in [6.45, 7) is 0.527. The third-order valence-corrected chi connectivity index (χ3v) is 4.99. The van der Waals surface area contributed by atoms with Crippen LogP contribution in [0.5, 0.6) is 0 Å². The third-order valence-electron chi connectivity index (χ3n) is 3.99. The van der Waals surface area contributed by atoms with E-state index in [9.17, 15) is 4.79 Å². The van der Waals surface area contributed by atoms with Gasteiger partial charge in [-0.15, -0.1) is 12.4 Å². The Bertz CT molecular complexity index is 491. The first-order chi connectivity index (χ1) is 9.54. The van der Waals surface area contributed by atoms with E-state index < -0.39 is 0 Å².